The Labute approximate surface area is 228 Å². The van der Waals surface area contributed by atoms with Gasteiger partial charge in [0.25, 0.3) is 0 Å². The quantitative estimate of drug-likeness (QED) is 0.447. The molecule has 0 saturated heterocycles. The van der Waals surface area contributed by atoms with E-state index in [0.29, 0.717) is 15.8 Å². The fourth-order valence-corrected chi connectivity index (χ4v) is 9.23. The third-order valence-corrected chi connectivity index (χ3v) is 11.1. The van der Waals surface area contributed by atoms with Gasteiger partial charge in [-0.15, -0.1) is 22.7 Å². The van der Waals surface area contributed by atoms with E-state index in [1.54, 1.807) is 6.07 Å². The van der Waals surface area contributed by atoms with Gasteiger partial charge in [-0.1, -0.05) is 25.7 Å². The molecule has 0 bridgehead atoms. The molecule has 9 heteroatoms. The molecule has 4 fully saturated rings. The Morgan fingerprint density at radius 2 is 1.11 bits per heavy atom. The van der Waals surface area contributed by atoms with Gasteiger partial charge in [0.15, 0.2) is 34.6 Å². The molecule has 4 unspecified atom stereocenters. The molecule has 4 aliphatic carbocycles. The average molecular weight is 549 g/mol. The zero-order valence-corrected chi connectivity index (χ0v) is 23.0. The van der Waals surface area contributed by atoms with Crippen molar-refractivity contribution >= 4 is 67.2 Å². The molecule has 0 amide bonds. The molecule has 0 N–H and O–H groups in total. The Morgan fingerprint density at radius 3 is 1.58 bits per heavy atom. The summed E-state index contributed by atoms with van der Waals surface area (Å²) in [7, 11) is 0. The summed E-state index contributed by atoms with van der Waals surface area (Å²) < 4.78 is 6.34. The Hall–Kier alpha value is -2.78. The molecule has 5 aliphatic rings. The minimum Gasteiger partial charge on any atom is -0.481 e. The van der Waals surface area contributed by atoms with E-state index in [1.807, 2.05) is 19.9 Å². The van der Waals surface area contributed by atoms with Gasteiger partial charge >= 0.3 is 0 Å². The van der Waals surface area contributed by atoms with Crippen LogP contribution in [-0.2, 0) is 24.8 Å². The number of hydrogen-bond donors (Lipinski definition) is 0. The Kier molecular flexibility index (Phi) is 5.50. The second kappa shape index (κ2) is 8.61. The highest BCUT2D eigenvalue weighted by molar-refractivity contribution is 7.26. The van der Waals surface area contributed by atoms with Crippen LogP contribution >= 0.6 is 22.7 Å². The van der Waals surface area contributed by atoms with Crippen LogP contribution in [0.3, 0.4) is 0 Å². The average Bonchev–Trinajstić information content (AvgIpc) is 3.63. The van der Waals surface area contributed by atoms with Crippen molar-refractivity contribution in [3.05, 3.63) is 17.7 Å². The van der Waals surface area contributed by atoms with Crippen molar-refractivity contribution in [2.75, 3.05) is 0 Å². The second-order valence-corrected chi connectivity index (χ2v) is 13.7. The first kappa shape index (κ1) is 24.3. The van der Waals surface area contributed by atoms with Crippen LogP contribution in [0.15, 0.2) is 22.1 Å². The molecule has 3 heterocycles. The molecule has 4 saturated carbocycles. The van der Waals surface area contributed by atoms with Crippen LogP contribution in [0.4, 0.5) is 10.0 Å². The maximum absolute atomic E-state index is 13.0. The summed E-state index contributed by atoms with van der Waals surface area (Å²) in [5.41, 5.74) is 0.453. The highest BCUT2D eigenvalue weighted by Crippen LogP contribution is 2.56. The zero-order chi connectivity index (χ0) is 26.3. The molecular formula is C29H28N2O5S2. The first-order valence-corrected chi connectivity index (χ1v) is 15.2. The molecular weight excluding hydrogens is 520 g/mol. The van der Waals surface area contributed by atoms with Crippen LogP contribution in [-0.4, -0.2) is 34.6 Å². The first-order chi connectivity index (χ1) is 18.2. The molecule has 1 aliphatic heterocycles. The lowest BCUT2D eigenvalue weighted by atomic mass is 9.81. The van der Waals surface area contributed by atoms with E-state index < -0.39 is 5.60 Å². The number of rotatable bonds is 2. The lowest BCUT2D eigenvalue weighted by Gasteiger charge is -2.30. The molecule has 2 aromatic heterocycles. The monoisotopic (exact) mass is 548 g/mol. The van der Waals surface area contributed by atoms with Crippen molar-refractivity contribution < 1.29 is 23.9 Å². The van der Waals surface area contributed by atoms with Crippen molar-refractivity contribution in [1.82, 2.24) is 0 Å². The smallest absolute Gasteiger partial charge is 0.188 e. The number of aliphatic imine (C=N–C) groups is 2. The van der Waals surface area contributed by atoms with Gasteiger partial charge in [0.1, 0.15) is 21.4 Å². The van der Waals surface area contributed by atoms with Crippen molar-refractivity contribution in [2.45, 2.75) is 70.8 Å². The molecule has 0 radical (unpaired) electrons. The second-order valence-electron chi connectivity index (χ2n) is 11.6. The van der Waals surface area contributed by atoms with Crippen molar-refractivity contribution in [1.29, 1.82) is 0 Å². The minimum absolute atomic E-state index is 0.0815. The number of carbonyl (C=O) groups is 4. The van der Waals surface area contributed by atoms with Gasteiger partial charge in [0.05, 0.1) is 9.75 Å². The van der Waals surface area contributed by atoms with Gasteiger partial charge in [-0.05, 0) is 45.6 Å². The van der Waals surface area contributed by atoms with E-state index in [0.717, 1.165) is 66.7 Å². The summed E-state index contributed by atoms with van der Waals surface area (Å²) in [5, 5.41) is 1.18. The third kappa shape index (κ3) is 3.57. The SMILES string of the molecule is CC1(C)Oc2cc(N=C3C(=O)C4CCCCC4C3=O)sc2-c2sc(N=C3C(=O)C4CCCCC4C3=O)cc21. The molecule has 0 aromatic carbocycles. The minimum atomic E-state index is -0.658. The van der Waals surface area contributed by atoms with Gasteiger partial charge in [0, 0.05) is 35.3 Å². The Balaban J connectivity index is 1.25. The van der Waals surface area contributed by atoms with Crippen LogP contribution in [0.25, 0.3) is 9.75 Å². The van der Waals surface area contributed by atoms with Crippen LogP contribution in [0, 0.1) is 23.7 Å². The van der Waals surface area contributed by atoms with Gasteiger partial charge in [-0.25, -0.2) is 9.98 Å². The highest BCUT2D eigenvalue weighted by Gasteiger charge is 2.49. The van der Waals surface area contributed by atoms with Gasteiger partial charge in [0.2, 0.25) is 0 Å². The third-order valence-electron chi connectivity index (χ3n) is 8.88. The van der Waals surface area contributed by atoms with E-state index in [-0.39, 0.29) is 58.2 Å². The summed E-state index contributed by atoms with van der Waals surface area (Å²) in [6, 6.07) is 3.72. The van der Waals surface area contributed by atoms with E-state index >= 15 is 0 Å². The summed E-state index contributed by atoms with van der Waals surface area (Å²) in [6.45, 7) is 3.94. The number of Topliss-reactive ketones (excluding diaryl/α,β-unsaturated/α-hetero) is 4. The molecule has 38 heavy (non-hydrogen) atoms. The lowest BCUT2D eigenvalue weighted by Crippen LogP contribution is -2.27. The number of nitrogens with zero attached hydrogens (tertiary/aromatic N) is 2. The summed E-state index contributed by atoms with van der Waals surface area (Å²) in [5.74, 6) is -0.638. The number of carbonyl (C=O) groups excluding carboxylic acids is 4. The van der Waals surface area contributed by atoms with Crippen molar-refractivity contribution in [3.8, 4) is 15.5 Å². The van der Waals surface area contributed by atoms with Crippen molar-refractivity contribution in [2.24, 2.45) is 33.7 Å². The topological polar surface area (TPSA) is 102 Å². The zero-order valence-electron chi connectivity index (χ0n) is 21.4. The molecule has 2 aromatic rings. The maximum atomic E-state index is 13.0. The predicted molar refractivity (Wildman–Crippen MR) is 146 cm³/mol. The molecule has 7 rings (SSSR count). The molecule has 7 nitrogen and oxygen atoms in total. The normalized spacial score (nSPS) is 29.5. The standard InChI is InChI=1S/C29H28N2O5S2/c1-29(2)17-11-19(30-21-23(32)13-7-3-4-8-14(13)24(21)33)37-27(17)28-18(36-29)12-20(38-28)31-22-25(34)15-9-5-6-10-16(15)26(22)35/h11-16H,3-10H2,1-2H3. The molecule has 196 valence electrons. The molecule has 4 atom stereocenters. The fourth-order valence-electron chi connectivity index (χ4n) is 6.93. The predicted octanol–water partition coefficient (Wildman–Crippen LogP) is 6.17. The van der Waals surface area contributed by atoms with Crippen molar-refractivity contribution in [3.63, 3.8) is 0 Å². The summed E-state index contributed by atoms with van der Waals surface area (Å²) in [6.07, 6.45) is 7.01. The Morgan fingerprint density at radius 1 is 0.684 bits per heavy atom. The van der Waals surface area contributed by atoms with Crippen LogP contribution in [0.5, 0.6) is 5.75 Å². The van der Waals surface area contributed by atoms with Gasteiger partial charge in [-0.2, -0.15) is 0 Å². The highest BCUT2D eigenvalue weighted by atomic mass is 32.1. The van der Waals surface area contributed by atoms with Crippen LogP contribution in [0.2, 0.25) is 0 Å². The first-order valence-electron chi connectivity index (χ1n) is 13.5. The fraction of sp³-hybridized carbons (Fsp3) is 0.517. The van der Waals surface area contributed by atoms with Gasteiger partial charge < -0.3 is 4.74 Å². The van der Waals surface area contributed by atoms with Gasteiger partial charge in [-0.3, -0.25) is 19.2 Å². The Bertz CT molecular complexity index is 1440. The number of hydrogen-bond acceptors (Lipinski definition) is 9. The maximum Gasteiger partial charge on any atom is 0.188 e. The number of ether oxygens (including phenoxy) is 1. The number of fused-ring (bicyclic) bond motifs is 5. The lowest BCUT2D eigenvalue weighted by molar-refractivity contribution is -0.120. The largest absolute Gasteiger partial charge is 0.481 e. The van der Waals surface area contributed by atoms with Crippen LogP contribution in [0.1, 0.15) is 70.8 Å². The van der Waals surface area contributed by atoms with Crippen LogP contribution < -0.4 is 4.74 Å². The molecule has 0 spiro atoms. The van der Waals surface area contributed by atoms with E-state index in [1.165, 1.54) is 22.7 Å². The van der Waals surface area contributed by atoms with E-state index in [4.69, 9.17) is 4.74 Å². The summed E-state index contributed by atoms with van der Waals surface area (Å²) in [4.78, 5) is 62.9. The number of ketones is 4. The van der Waals surface area contributed by atoms with E-state index in [9.17, 15) is 19.2 Å². The van der Waals surface area contributed by atoms with E-state index in [2.05, 4.69) is 9.98 Å². The number of thiophene rings is 2. The summed E-state index contributed by atoms with van der Waals surface area (Å²) >= 11 is 2.82.